The lowest BCUT2D eigenvalue weighted by molar-refractivity contribution is -0.137. The van der Waals surface area contributed by atoms with Crippen LogP contribution in [0.2, 0.25) is 0 Å². The van der Waals surface area contributed by atoms with Crippen molar-refractivity contribution in [3.05, 3.63) is 77.8 Å². The summed E-state index contributed by atoms with van der Waals surface area (Å²) in [6.45, 7) is 10.3. The number of furan rings is 1. The monoisotopic (exact) mass is 507 g/mol. The highest BCUT2D eigenvalue weighted by molar-refractivity contribution is 7.72. The average molecular weight is 508 g/mol. The zero-order chi connectivity index (χ0) is 25.4. The van der Waals surface area contributed by atoms with Gasteiger partial charge in [-0.15, -0.1) is 0 Å². The van der Waals surface area contributed by atoms with E-state index in [1.807, 2.05) is 30.0 Å². The van der Waals surface area contributed by atoms with Crippen molar-refractivity contribution in [3.63, 3.8) is 0 Å². The molecule has 0 aliphatic carbocycles. The van der Waals surface area contributed by atoms with Crippen LogP contribution in [0.5, 0.6) is 0 Å². The molecule has 0 saturated carbocycles. The summed E-state index contributed by atoms with van der Waals surface area (Å²) in [6.07, 6.45) is -4.46. The van der Waals surface area contributed by atoms with Gasteiger partial charge in [0, 0.05) is 31.3 Å². The van der Waals surface area contributed by atoms with Crippen LogP contribution in [0.15, 0.2) is 69.8 Å². The molecule has 4 nitrogen and oxygen atoms in total. The van der Waals surface area contributed by atoms with E-state index in [0.717, 1.165) is 17.9 Å². The first-order chi connectivity index (χ1) is 16.4. The first-order valence-electron chi connectivity index (χ1n) is 11.5. The molecule has 9 heteroatoms. The van der Waals surface area contributed by atoms with E-state index in [2.05, 4.69) is 25.4 Å². The van der Waals surface area contributed by atoms with Crippen LogP contribution in [-0.4, -0.2) is 36.0 Å². The van der Waals surface area contributed by atoms with Gasteiger partial charge in [-0.3, -0.25) is 4.67 Å². The summed E-state index contributed by atoms with van der Waals surface area (Å²) in [5, 5.41) is -0.439. The molecule has 0 spiro atoms. The molecule has 2 aromatic carbocycles. The van der Waals surface area contributed by atoms with E-state index in [4.69, 9.17) is 9.16 Å². The summed E-state index contributed by atoms with van der Waals surface area (Å²) in [6, 6.07) is 15.6. The quantitative estimate of drug-likeness (QED) is 0.272. The molecule has 0 radical (unpaired) electrons. The highest BCUT2D eigenvalue weighted by atomic mass is 31.2. The number of anilines is 1. The molecule has 0 bridgehead atoms. The van der Waals surface area contributed by atoms with Crippen molar-refractivity contribution in [2.75, 3.05) is 31.1 Å². The lowest BCUT2D eigenvalue weighted by Crippen LogP contribution is -2.49. The Morgan fingerprint density at radius 2 is 1.57 bits per heavy atom. The standard InChI is InChI=1S/C26H30F4N3OP/c1-19-12-13-24(34-19)35(25(2,3)4,31-21-9-7-8-20(18-21)26(28,29)30)33-16-14-32(15-17-33)23-11-6-5-10-22(23)27/h5-13,18H,14-17H2,1-4H3/t35-/m0/s1. The fourth-order valence-corrected chi connectivity index (χ4v) is 8.68. The molecular weight excluding hydrogens is 477 g/mol. The second kappa shape index (κ2) is 9.47. The average Bonchev–Trinajstić information content (AvgIpc) is 3.23. The Labute approximate surface area is 203 Å². The topological polar surface area (TPSA) is 32.0 Å². The molecule has 3 aromatic rings. The highest BCUT2D eigenvalue weighted by Gasteiger charge is 2.45. The van der Waals surface area contributed by atoms with Crippen molar-refractivity contribution in [2.24, 2.45) is 4.74 Å². The van der Waals surface area contributed by atoms with Crippen LogP contribution < -0.4 is 10.4 Å². The first kappa shape index (κ1) is 25.5. The molecule has 1 atom stereocenters. The molecule has 1 aliphatic heterocycles. The Bertz CT molecular complexity index is 1240. The van der Waals surface area contributed by atoms with Gasteiger partial charge >= 0.3 is 6.18 Å². The van der Waals surface area contributed by atoms with Crippen molar-refractivity contribution in [1.29, 1.82) is 0 Å². The Balaban J connectivity index is 1.82. The van der Waals surface area contributed by atoms with Gasteiger partial charge in [-0.25, -0.2) is 9.14 Å². The SMILES string of the molecule is Cc1ccc([P@](=Nc2cccc(C(F)(F)F)c2)(N2CCN(c3ccccc3F)CC2)C(C)(C)C)o1. The molecule has 1 saturated heterocycles. The van der Waals surface area contributed by atoms with E-state index in [0.29, 0.717) is 37.4 Å². The maximum atomic E-state index is 14.4. The van der Waals surface area contributed by atoms with Crippen LogP contribution in [0, 0.1) is 12.7 Å². The van der Waals surface area contributed by atoms with Crippen LogP contribution in [0.1, 0.15) is 32.1 Å². The number of benzene rings is 2. The lowest BCUT2D eigenvalue weighted by atomic mass is 10.2. The van der Waals surface area contributed by atoms with Crippen molar-refractivity contribution in [3.8, 4) is 0 Å². The zero-order valence-electron chi connectivity index (χ0n) is 20.3. The molecule has 0 unspecified atom stereocenters. The Hall–Kier alpha value is -2.57. The van der Waals surface area contributed by atoms with Crippen molar-refractivity contribution in [1.82, 2.24) is 4.67 Å². The minimum Gasteiger partial charge on any atom is -0.459 e. The van der Waals surface area contributed by atoms with E-state index < -0.39 is 24.1 Å². The number of rotatable bonds is 4. The molecule has 0 N–H and O–H groups in total. The van der Waals surface area contributed by atoms with E-state index in [9.17, 15) is 17.6 Å². The molecule has 4 rings (SSSR count). The number of alkyl halides is 3. The predicted molar refractivity (Wildman–Crippen MR) is 133 cm³/mol. The van der Waals surface area contributed by atoms with Gasteiger partial charge in [0.25, 0.3) is 0 Å². The Morgan fingerprint density at radius 1 is 0.886 bits per heavy atom. The third-order valence-corrected chi connectivity index (χ3v) is 10.7. The van der Waals surface area contributed by atoms with E-state index in [-0.39, 0.29) is 11.5 Å². The zero-order valence-corrected chi connectivity index (χ0v) is 21.2. The summed E-state index contributed by atoms with van der Waals surface area (Å²) < 4.78 is 68.3. The van der Waals surface area contributed by atoms with Crippen LogP contribution in [0.4, 0.5) is 28.9 Å². The normalized spacial score (nSPS) is 17.3. The van der Waals surface area contributed by atoms with Crippen LogP contribution in [-0.2, 0) is 6.18 Å². The van der Waals surface area contributed by atoms with Crippen molar-refractivity contribution < 1.29 is 22.0 Å². The van der Waals surface area contributed by atoms with Gasteiger partial charge in [-0.1, -0.05) is 39.0 Å². The molecule has 0 amide bonds. The highest BCUT2D eigenvalue weighted by Crippen LogP contribution is 2.64. The number of halogens is 4. The third-order valence-electron chi connectivity index (χ3n) is 6.26. The molecule has 188 valence electrons. The maximum Gasteiger partial charge on any atom is 0.416 e. The van der Waals surface area contributed by atoms with Gasteiger partial charge in [0.1, 0.15) is 18.8 Å². The second-order valence-electron chi connectivity index (χ2n) is 9.70. The Morgan fingerprint density at radius 3 is 2.14 bits per heavy atom. The molecule has 35 heavy (non-hydrogen) atoms. The fraction of sp³-hybridized carbons (Fsp3) is 0.385. The second-order valence-corrected chi connectivity index (χ2v) is 13.4. The van der Waals surface area contributed by atoms with Crippen LogP contribution in [0.25, 0.3) is 0 Å². The number of aryl methyl sites for hydroxylation is 1. The number of piperazine rings is 1. The van der Waals surface area contributed by atoms with E-state index >= 15 is 0 Å². The summed E-state index contributed by atoms with van der Waals surface area (Å²) in [4.78, 5) is 2.00. The minimum atomic E-state index is -4.46. The van der Waals surface area contributed by atoms with Crippen LogP contribution >= 0.6 is 7.21 Å². The van der Waals surface area contributed by atoms with E-state index in [1.54, 1.807) is 18.2 Å². The predicted octanol–water partition coefficient (Wildman–Crippen LogP) is 7.44. The van der Waals surface area contributed by atoms with Gasteiger partial charge in [0.15, 0.2) is 5.50 Å². The minimum absolute atomic E-state index is 0.270. The third kappa shape index (κ3) is 5.05. The Kier molecular flexibility index (Phi) is 6.91. The van der Waals surface area contributed by atoms with Crippen LogP contribution in [0.3, 0.4) is 0 Å². The summed E-state index contributed by atoms with van der Waals surface area (Å²) in [7, 11) is -2.71. The summed E-state index contributed by atoms with van der Waals surface area (Å²) in [5.74, 6) is 0.450. The summed E-state index contributed by atoms with van der Waals surface area (Å²) in [5.41, 5.74) is 0.772. The number of hydrogen-bond acceptors (Lipinski definition) is 3. The number of nitrogens with zero attached hydrogens (tertiary/aromatic N) is 3. The molecular formula is C26H30F4N3OP. The van der Waals surface area contributed by atoms with Gasteiger partial charge in [0.2, 0.25) is 0 Å². The summed E-state index contributed by atoms with van der Waals surface area (Å²) >= 11 is 0. The maximum absolute atomic E-state index is 14.4. The lowest BCUT2D eigenvalue weighted by Gasteiger charge is -2.47. The largest absolute Gasteiger partial charge is 0.459 e. The van der Waals surface area contributed by atoms with Gasteiger partial charge in [0.05, 0.1) is 16.9 Å². The first-order valence-corrected chi connectivity index (χ1v) is 13.2. The fourth-order valence-electron chi connectivity index (χ4n) is 4.59. The molecule has 2 heterocycles. The smallest absolute Gasteiger partial charge is 0.416 e. The number of para-hydroxylation sites is 1. The van der Waals surface area contributed by atoms with Gasteiger partial charge in [-0.05, 0) is 49.4 Å². The molecule has 1 aliphatic rings. The van der Waals surface area contributed by atoms with Gasteiger partial charge < -0.3 is 9.32 Å². The van der Waals surface area contributed by atoms with E-state index in [1.165, 1.54) is 12.1 Å². The van der Waals surface area contributed by atoms with Crippen molar-refractivity contribution >= 4 is 24.1 Å². The number of hydrogen-bond donors (Lipinski definition) is 0. The van der Waals surface area contributed by atoms with Crippen molar-refractivity contribution in [2.45, 2.75) is 39.0 Å². The molecule has 1 aromatic heterocycles. The van der Waals surface area contributed by atoms with Gasteiger partial charge in [-0.2, -0.15) is 13.2 Å². The molecule has 1 fully saturated rings.